The van der Waals surface area contributed by atoms with Gasteiger partial charge < -0.3 is 18.8 Å². The van der Waals surface area contributed by atoms with Crippen LogP contribution in [0, 0.1) is 0 Å². The molecule has 1 spiro atoms. The van der Waals surface area contributed by atoms with Gasteiger partial charge in [0.2, 0.25) is 5.91 Å². The molecule has 0 fully saturated rings. The molecule has 1 aromatic heterocycles. The summed E-state index contributed by atoms with van der Waals surface area (Å²) in [5.74, 6) is 2.11. The van der Waals surface area contributed by atoms with Gasteiger partial charge in [-0.2, -0.15) is 0 Å². The van der Waals surface area contributed by atoms with Crippen LogP contribution in [-0.2, 0) is 10.2 Å². The van der Waals surface area contributed by atoms with Gasteiger partial charge in [-0.1, -0.05) is 24.3 Å². The van der Waals surface area contributed by atoms with E-state index in [1.165, 1.54) is 0 Å². The zero-order valence-electron chi connectivity index (χ0n) is 13.5. The highest BCUT2D eigenvalue weighted by atomic mass is 16.5. The number of fused-ring (bicyclic) bond motifs is 5. The van der Waals surface area contributed by atoms with Crippen LogP contribution in [0.5, 0.6) is 11.5 Å². The molecule has 0 aliphatic carbocycles. The van der Waals surface area contributed by atoms with E-state index in [4.69, 9.17) is 13.9 Å². The van der Waals surface area contributed by atoms with Crippen LogP contribution in [0.3, 0.4) is 0 Å². The van der Waals surface area contributed by atoms with Crippen molar-refractivity contribution in [2.45, 2.75) is 11.8 Å². The number of benzene rings is 2. The first kappa shape index (κ1) is 13.4. The molecule has 0 radical (unpaired) electrons. The monoisotopic (exact) mass is 333 g/mol. The van der Waals surface area contributed by atoms with Gasteiger partial charge in [0.25, 0.3) is 0 Å². The summed E-state index contributed by atoms with van der Waals surface area (Å²) in [7, 11) is 0. The Hall–Kier alpha value is -2.95. The Kier molecular flexibility index (Phi) is 2.33. The molecule has 3 aliphatic rings. The standard InChI is InChI=1S/C20H15NO4/c22-19-20(11-24-17-12-5-1-2-7-14(12)25-18(17)20)13-6-3-8-15-16(13)21(19)9-4-10-23-15/h1-3,5-8H,4,9-11H2. The molecule has 1 unspecified atom stereocenters. The smallest absolute Gasteiger partial charge is 0.249 e. The van der Waals surface area contributed by atoms with Crippen molar-refractivity contribution in [1.29, 1.82) is 0 Å². The third-order valence-electron chi connectivity index (χ3n) is 5.49. The minimum atomic E-state index is -0.902. The number of para-hydroxylation sites is 2. The van der Waals surface area contributed by atoms with E-state index >= 15 is 0 Å². The fourth-order valence-electron chi connectivity index (χ4n) is 4.38. The van der Waals surface area contributed by atoms with Crippen molar-refractivity contribution in [3.8, 4) is 11.5 Å². The predicted molar refractivity (Wildman–Crippen MR) is 91.4 cm³/mol. The molecular formula is C20H15NO4. The molecule has 1 atom stereocenters. The zero-order valence-corrected chi connectivity index (χ0v) is 13.5. The molecule has 3 aliphatic heterocycles. The van der Waals surface area contributed by atoms with E-state index in [-0.39, 0.29) is 12.5 Å². The average molecular weight is 333 g/mol. The first-order valence-corrected chi connectivity index (χ1v) is 8.54. The molecule has 0 saturated heterocycles. The van der Waals surface area contributed by atoms with Crippen molar-refractivity contribution < 1.29 is 18.7 Å². The normalized spacial score (nSPS) is 23.4. The molecule has 124 valence electrons. The second-order valence-corrected chi connectivity index (χ2v) is 6.76. The lowest BCUT2D eigenvalue weighted by Gasteiger charge is -2.20. The minimum Gasteiger partial charge on any atom is -0.491 e. The topological polar surface area (TPSA) is 51.9 Å². The number of amides is 1. The second kappa shape index (κ2) is 4.36. The zero-order chi connectivity index (χ0) is 16.6. The maximum Gasteiger partial charge on any atom is 0.249 e. The highest BCUT2D eigenvalue weighted by Crippen LogP contribution is 2.57. The van der Waals surface area contributed by atoms with Crippen molar-refractivity contribution in [2.75, 3.05) is 24.7 Å². The van der Waals surface area contributed by atoms with E-state index in [2.05, 4.69) is 0 Å². The minimum absolute atomic E-state index is 0.0262. The van der Waals surface area contributed by atoms with E-state index in [1.807, 2.05) is 47.4 Å². The molecule has 4 heterocycles. The SMILES string of the molecule is O=C1N2CCCOc3cccc(c32)C12COc1c2oc2ccccc12. The molecule has 0 bridgehead atoms. The summed E-state index contributed by atoms with van der Waals surface area (Å²) in [6.07, 6.45) is 0.809. The van der Waals surface area contributed by atoms with Gasteiger partial charge in [-0.15, -0.1) is 0 Å². The Balaban J connectivity index is 1.68. The Morgan fingerprint density at radius 1 is 1.04 bits per heavy atom. The molecule has 25 heavy (non-hydrogen) atoms. The summed E-state index contributed by atoms with van der Waals surface area (Å²) in [5.41, 5.74) is 1.65. The largest absolute Gasteiger partial charge is 0.491 e. The van der Waals surface area contributed by atoms with Crippen molar-refractivity contribution in [3.63, 3.8) is 0 Å². The lowest BCUT2D eigenvalue weighted by molar-refractivity contribution is -0.122. The van der Waals surface area contributed by atoms with Crippen LogP contribution in [-0.4, -0.2) is 25.7 Å². The van der Waals surface area contributed by atoms with Crippen LogP contribution < -0.4 is 14.4 Å². The van der Waals surface area contributed by atoms with Gasteiger partial charge in [-0.25, -0.2) is 0 Å². The van der Waals surface area contributed by atoms with Crippen LogP contribution >= 0.6 is 0 Å². The van der Waals surface area contributed by atoms with E-state index in [0.717, 1.165) is 34.4 Å². The number of hydrogen-bond donors (Lipinski definition) is 0. The number of nitrogens with zero attached hydrogens (tertiary/aromatic N) is 1. The molecule has 1 amide bonds. The molecule has 3 aromatic rings. The van der Waals surface area contributed by atoms with Gasteiger partial charge in [0.05, 0.1) is 17.7 Å². The Bertz CT molecular complexity index is 1050. The Morgan fingerprint density at radius 3 is 2.92 bits per heavy atom. The third kappa shape index (κ3) is 1.43. The molecule has 5 heteroatoms. The molecule has 2 aromatic carbocycles. The number of hydrogen-bond acceptors (Lipinski definition) is 4. The quantitative estimate of drug-likeness (QED) is 0.634. The number of anilines is 1. The highest BCUT2D eigenvalue weighted by molar-refractivity contribution is 6.13. The molecule has 6 rings (SSSR count). The molecule has 0 saturated carbocycles. The van der Waals surface area contributed by atoms with Crippen molar-refractivity contribution in [2.24, 2.45) is 0 Å². The van der Waals surface area contributed by atoms with Crippen molar-refractivity contribution in [3.05, 3.63) is 53.8 Å². The van der Waals surface area contributed by atoms with E-state index in [0.29, 0.717) is 24.7 Å². The van der Waals surface area contributed by atoms with E-state index in [9.17, 15) is 4.79 Å². The van der Waals surface area contributed by atoms with Gasteiger partial charge >= 0.3 is 0 Å². The van der Waals surface area contributed by atoms with Crippen LogP contribution in [0.4, 0.5) is 5.69 Å². The van der Waals surface area contributed by atoms with Gasteiger partial charge in [-0.3, -0.25) is 4.79 Å². The second-order valence-electron chi connectivity index (χ2n) is 6.76. The summed E-state index contributed by atoms with van der Waals surface area (Å²) in [6.45, 7) is 1.55. The summed E-state index contributed by atoms with van der Waals surface area (Å²) in [4.78, 5) is 15.4. The Morgan fingerprint density at radius 2 is 1.96 bits per heavy atom. The number of carbonyl (C=O) groups excluding carboxylic acids is 1. The number of ether oxygens (including phenoxy) is 2. The maximum atomic E-state index is 13.5. The Labute approximate surface area is 143 Å². The molecular weight excluding hydrogens is 318 g/mol. The number of furan rings is 1. The van der Waals surface area contributed by atoms with Crippen LogP contribution in [0.15, 0.2) is 46.9 Å². The van der Waals surface area contributed by atoms with Gasteiger partial charge in [-0.05, 0) is 24.6 Å². The first-order chi connectivity index (χ1) is 12.3. The average Bonchev–Trinajstić information content (AvgIpc) is 3.19. The number of rotatable bonds is 0. The highest BCUT2D eigenvalue weighted by Gasteiger charge is 2.60. The summed E-state index contributed by atoms with van der Waals surface area (Å²) in [5, 5.41) is 0.918. The van der Waals surface area contributed by atoms with Crippen LogP contribution in [0.1, 0.15) is 17.7 Å². The van der Waals surface area contributed by atoms with E-state index < -0.39 is 5.41 Å². The van der Waals surface area contributed by atoms with Gasteiger partial charge in [0, 0.05) is 12.1 Å². The third-order valence-corrected chi connectivity index (χ3v) is 5.49. The molecule has 0 N–H and O–H groups in total. The van der Waals surface area contributed by atoms with Gasteiger partial charge in [0.1, 0.15) is 17.9 Å². The number of carbonyl (C=O) groups is 1. The summed E-state index contributed by atoms with van der Waals surface area (Å²) in [6, 6.07) is 13.6. The first-order valence-electron chi connectivity index (χ1n) is 8.54. The fraction of sp³-hybridized carbons (Fsp3) is 0.250. The van der Waals surface area contributed by atoms with Crippen LogP contribution in [0.2, 0.25) is 0 Å². The summed E-state index contributed by atoms with van der Waals surface area (Å²) >= 11 is 0. The van der Waals surface area contributed by atoms with Crippen molar-refractivity contribution in [1.82, 2.24) is 0 Å². The van der Waals surface area contributed by atoms with E-state index in [1.54, 1.807) is 0 Å². The predicted octanol–water partition coefficient (Wildman–Crippen LogP) is 3.24. The maximum absolute atomic E-state index is 13.5. The lowest BCUT2D eigenvalue weighted by atomic mass is 9.81. The van der Waals surface area contributed by atoms with Crippen LogP contribution in [0.25, 0.3) is 11.0 Å². The fourth-order valence-corrected chi connectivity index (χ4v) is 4.38. The van der Waals surface area contributed by atoms with Crippen molar-refractivity contribution >= 4 is 22.6 Å². The molecule has 5 nitrogen and oxygen atoms in total. The summed E-state index contributed by atoms with van der Waals surface area (Å²) < 4.78 is 18.0. The van der Waals surface area contributed by atoms with Gasteiger partial charge in [0.15, 0.2) is 16.9 Å². The lowest BCUT2D eigenvalue weighted by Crippen LogP contribution is -2.42.